The number of hydrogen-bond acceptors (Lipinski definition) is 4. The number of rotatable bonds is 7. The molecule has 5 nitrogen and oxygen atoms in total. The van der Waals surface area contributed by atoms with Crippen molar-refractivity contribution in [2.45, 2.75) is 33.2 Å². The Morgan fingerprint density at radius 2 is 1.90 bits per heavy atom. The first-order valence-corrected chi connectivity index (χ1v) is 10.6. The first kappa shape index (κ1) is 21.5. The number of pyridine rings is 1. The van der Waals surface area contributed by atoms with Gasteiger partial charge in [0.25, 0.3) is 0 Å². The highest BCUT2D eigenvalue weighted by molar-refractivity contribution is 9.10. The minimum Gasteiger partial charge on any atom is -0.364 e. The molecule has 1 heterocycles. The molecule has 0 aliphatic heterocycles. The molecule has 0 unspecified atom stereocenters. The summed E-state index contributed by atoms with van der Waals surface area (Å²) in [5.41, 5.74) is 5.28. The number of carbonyl (C=O) groups excluding carboxylic acids is 1. The van der Waals surface area contributed by atoms with E-state index < -0.39 is 0 Å². The lowest BCUT2D eigenvalue weighted by Crippen LogP contribution is -2.15. The van der Waals surface area contributed by atoms with Crippen LogP contribution in [0.15, 0.2) is 59.2 Å². The van der Waals surface area contributed by atoms with Gasteiger partial charge in [0.1, 0.15) is 5.82 Å². The largest absolute Gasteiger partial charge is 0.364 e. The molecule has 30 heavy (non-hydrogen) atoms. The van der Waals surface area contributed by atoms with Crippen LogP contribution in [-0.2, 0) is 11.3 Å². The van der Waals surface area contributed by atoms with E-state index in [9.17, 15) is 10.1 Å². The molecule has 1 amide bonds. The van der Waals surface area contributed by atoms with Crippen molar-refractivity contribution in [3.63, 3.8) is 0 Å². The normalized spacial score (nSPS) is 10.3. The van der Waals surface area contributed by atoms with Gasteiger partial charge in [0.15, 0.2) is 0 Å². The first-order chi connectivity index (χ1) is 14.5. The van der Waals surface area contributed by atoms with Gasteiger partial charge in [-0.05, 0) is 57.6 Å². The number of aromatic nitrogens is 1. The number of nitrogens with one attached hydrogen (secondary N) is 2. The third-order valence-corrected chi connectivity index (χ3v) is 5.59. The molecule has 6 heteroatoms. The zero-order chi connectivity index (χ0) is 21.5. The topological polar surface area (TPSA) is 77.8 Å². The Morgan fingerprint density at radius 1 is 1.17 bits per heavy atom. The van der Waals surface area contributed by atoms with Crippen molar-refractivity contribution in [2.24, 2.45) is 0 Å². The number of amides is 1. The third kappa shape index (κ3) is 5.05. The van der Waals surface area contributed by atoms with E-state index in [2.05, 4.69) is 37.6 Å². The van der Waals surface area contributed by atoms with Crippen LogP contribution in [0.1, 0.15) is 36.5 Å². The van der Waals surface area contributed by atoms with Crippen molar-refractivity contribution >= 4 is 33.3 Å². The zero-order valence-corrected chi connectivity index (χ0v) is 18.6. The van der Waals surface area contributed by atoms with Crippen LogP contribution in [0.4, 0.5) is 11.5 Å². The minimum absolute atomic E-state index is 0.0240. The van der Waals surface area contributed by atoms with Crippen LogP contribution in [-0.4, -0.2) is 10.9 Å². The Kier molecular flexibility index (Phi) is 7.21. The molecule has 0 spiro atoms. The fraction of sp³-hybridized carbons (Fsp3) is 0.208. The molecular formula is C24H23BrN4O. The summed E-state index contributed by atoms with van der Waals surface area (Å²) < 4.78 is 0.848. The second-order valence-corrected chi connectivity index (χ2v) is 7.82. The van der Waals surface area contributed by atoms with Gasteiger partial charge in [-0.2, -0.15) is 5.26 Å². The number of carbonyl (C=O) groups is 1. The summed E-state index contributed by atoms with van der Waals surface area (Å²) in [4.78, 5) is 16.6. The lowest BCUT2D eigenvalue weighted by Gasteiger charge is -2.16. The molecule has 0 radical (unpaired) electrons. The van der Waals surface area contributed by atoms with Crippen LogP contribution in [0.25, 0.3) is 11.1 Å². The maximum atomic E-state index is 12.1. The van der Waals surface area contributed by atoms with Gasteiger partial charge < -0.3 is 10.6 Å². The second-order valence-electron chi connectivity index (χ2n) is 6.96. The third-order valence-electron chi connectivity index (χ3n) is 4.79. The van der Waals surface area contributed by atoms with Crippen LogP contribution in [0.2, 0.25) is 0 Å². The van der Waals surface area contributed by atoms with Crippen LogP contribution in [0.3, 0.4) is 0 Å². The highest BCUT2D eigenvalue weighted by Gasteiger charge is 2.13. The molecule has 0 saturated carbocycles. The van der Waals surface area contributed by atoms with E-state index in [4.69, 9.17) is 0 Å². The monoisotopic (exact) mass is 462 g/mol. The van der Waals surface area contributed by atoms with Gasteiger partial charge in [-0.25, -0.2) is 4.98 Å². The van der Waals surface area contributed by atoms with E-state index in [-0.39, 0.29) is 5.91 Å². The Bertz CT molecular complexity index is 1090. The number of nitriles is 1. The van der Waals surface area contributed by atoms with Crippen LogP contribution in [0.5, 0.6) is 0 Å². The van der Waals surface area contributed by atoms with Gasteiger partial charge >= 0.3 is 0 Å². The molecular weight excluding hydrogens is 440 g/mol. The van der Waals surface area contributed by atoms with Crippen molar-refractivity contribution in [2.75, 3.05) is 10.6 Å². The van der Waals surface area contributed by atoms with Crippen LogP contribution in [0, 0.1) is 18.3 Å². The molecule has 3 rings (SSSR count). The average molecular weight is 463 g/mol. The molecule has 0 aliphatic rings. The van der Waals surface area contributed by atoms with Crippen molar-refractivity contribution in [3.8, 4) is 17.2 Å². The van der Waals surface area contributed by atoms with Gasteiger partial charge in [0.2, 0.25) is 5.91 Å². The van der Waals surface area contributed by atoms with Crippen molar-refractivity contribution in [3.05, 3.63) is 75.9 Å². The summed E-state index contributed by atoms with van der Waals surface area (Å²) in [7, 11) is 0. The molecule has 2 aromatic carbocycles. The van der Waals surface area contributed by atoms with Gasteiger partial charge in [0, 0.05) is 23.6 Å². The number of halogens is 1. The van der Waals surface area contributed by atoms with Crippen molar-refractivity contribution in [1.29, 1.82) is 5.26 Å². The number of hydrogen-bond donors (Lipinski definition) is 2. The Morgan fingerprint density at radius 3 is 2.60 bits per heavy atom. The number of benzene rings is 2. The predicted molar refractivity (Wildman–Crippen MR) is 124 cm³/mol. The Hall–Kier alpha value is -3.17. The summed E-state index contributed by atoms with van der Waals surface area (Å²) in [6, 6.07) is 17.9. The van der Waals surface area contributed by atoms with E-state index >= 15 is 0 Å². The van der Waals surface area contributed by atoms with Gasteiger partial charge in [-0.3, -0.25) is 4.79 Å². The quantitative estimate of drug-likeness (QED) is 0.448. The zero-order valence-electron chi connectivity index (χ0n) is 17.0. The molecule has 0 atom stereocenters. The number of nitrogens with zero attached hydrogens (tertiary/aromatic N) is 2. The average Bonchev–Trinajstić information content (AvgIpc) is 2.77. The summed E-state index contributed by atoms with van der Waals surface area (Å²) in [5, 5.41) is 15.6. The summed E-state index contributed by atoms with van der Waals surface area (Å²) in [6.45, 7) is 4.48. The molecule has 152 valence electrons. The van der Waals surface area contributed by atoms with Crippen molar-refractivity contribution in [1.82, 2.24) is 4.98 Å². The summed E-state index contributed by atoms with van der Waals surface area (Å²) in [5.74, 6) is 0.614. The summed E-state index contributed by atoms with van der Waals surface area (Å²) in [6.07, 6.45) is 2.99. The molecule has 0 saturated heterocycles. The molecule has 2 N–H and O–H groups in total. The maximum absolute atomic E-state index is 12.1. The molecule has 3 aromatic rings. The summed E-state index contributed by atoms with van der Waals surface area (Å²) >= 11 is 3.48. The Balaban J connectivity index is 1.77. The van der Waals surface area contributed by atoms with Gasteiger partial charge in [-0.1, -0.05) is 49.4 Å². The predicted octanol–water partition coefficient (Wildman–Crippen LogP) is 6.04. The fourth-order valence-electron chi connectivity index (χ4n) is 3.12. The lowest BCUT2D eigenvalue weighted by molar-refractivity contribution is -0.116. The molecule has 0 bridgehead atoms. The molecule has 0 aliphatic carbocycles. The van der Waals surface area contributed by atoms with E-state index in [1.54, 1.807) is 6.20 Å². The van der Waals surface area contributed by atoms with Crippen molar-refractivity contribution < 1.29 is 4.79 Å². The highest BCUT2D eigenvalue weighted by Crippen LogP contribution is 2.30. The SMILES string of the molecule is CCCC(=O)Nc1c(NCc2ccc(-c3ccccc3C#N)cc2)ncc(Br)c1C. The van der Waals surface area contributed by atoms with Gasteiger partial charge in [-0.15, -0.1) is 0 Å². The minimum atomic E-state index is -0.0240. The van der Waals surface area contributed by atoms with Crippen LogP contribution < -0.4 is 10.6 Å². The van der Waals surface area contributed by atoms with Crippen LogP contribution >= 0.6 is 15.9 Å². The molecule has 0 fully saturated rings. The standard InChI is InChI=1S/C24H23BrN4O/c1-3-6-22(30)29-23-16(2)21(25)15-28-24(23)27-14-17-9-11-18(12-10-17)20-8-5-4-7-19(20)13-26/h4-5,7-12,15H,3,6,14H2,1-2H3,(H,27,28)(H,29,30). The first-order valence-electron chi connectivity index (χ1n) is 9.80. The lowest BCUT2D eigenvalue weighted by atomic mass is 9.99. The van der Waals surface area contributed by atoms with E-state index in [0.717, 1.165) is 33.1 Å². The van der Waals surface area contributed by atoms with E-state index in [0.29, 0.717) is 30.0 Å². The fourth-order valence-corrected chi connectivity index (χ4v) is 3.42. The Labute approximate surface area is 185 Å². The smallest absolute Gasteiger partial charge is 0.224 e. The van der Waals surface area contributed by atoms with E-state index in [1.165, 1.54) is 0 Å². The maximum Gasteiger partial charge on any atom is 0.224 e. The molecule has 1 aromatic heterocycles. The second kappa shape index (κ2) is 10.0. The van der Waals surface area contributed by atoms with Gasteiger partial charge in [0.05, 0.1) is 17.3 Å². The highest BCUT2D eigenvalue weighted by atomic mass is 79.9. The van der Waals surface area contributed by atoms with E-state index in [1.807, 2.05) is 62.4 Å². The number of anilines is 2.